The van der Waals surface area contributed by atoms with Crippen molar-refractivity contribution in [1.82, 2.24) is 19.5 Å². The van der Waals surface area contributed by atoms with Crippen molar-refractivity contribution in [3.05, 3.63) is 76.3 Å². The van der Waals surface area contributed by atoms with Gasteiger partial charge in [0.15, 0.2) is 23.4 Å². The van der Waals surface area contributed by atoms with E-state index in [0.29, 0.717) is 41.7 Å². The topological polar surface area (TPSA) is 143 Å². The number of benzene rings is 2. The first kappa shape index (κ1) is 44.4. The van der Waals surface area contributed by atoms with Crippen LogP contribution < -0.4 is 9.47 Å². The van der Waals surface area contributed by atoms with Crippen molar-refractivity contribution in [2.45, 2.75) is 111 Å². The molecular weight excluding hydrogens is 735 g/mol. The standard InChI is InChI=1S/C46H63N5O7/c1-8-9-10-11-12-13-14-41(38(54)29-50(19-21-52)20-22-53)57-40-17-15-30(2)25-35(40)27-36-26-34(16-18-39(36)56-7)44-48-45-42(37(47-6)28-51(45)49-44)46(55)58-43-32(4)23-31(3)24-33(43)5/h15-18,25-26,28,31-33,41,43,52-53H,8-14,19-24,27,29H2,1-5,7H3,(H,48,49). The van der Waals surface area contributed by atoms with Crippen LogP contribution in [0.15, 0.2) is 42.6 Å². The van der Waals surface area contributed by atoms with Gasteiger partial charge in [0.05, 0.1) is 33.4 Å². The lowest BCUT2D eigenvalue weighted by molar-refractivity contribution is -0.127. The molecule has 2 heterocycles. The number of aromatic nitrogens is 3. The van der Waals surface area contributed by atoms with Gasteiger partial charge in [0.2, 0.25) is 5.69 Å². The van der Waals surface area contributed by atoms with Crippen molar-refractivity contribution < 1.29 is 34.0 Å². The molecule has 5 rings (SSSR count). The van der Waals surface area contributed by atoms with Crippen molar-refractivity contribution in [2.24, 2.45) is 17.8 Å². The molecule has 0 bridgehead atoms. The first-order chi connectivity index (χ1) is 28.0. The van der Waals surface area contributed by atoms with Crippen molar-refractivity contribution in [1.29, 1.82) is 0 Å². The zero-order valence-corrected chi connectivity index (χ0v) is 35.3. The minimum atomic E-state index is -0.693. The number of ketones is 1. The molecule has 314 valence electrons. The number of hydrogen-bond donors (Lipinski definition) is 3. The smallest absolute Gasteiger partial charge is 0.331 e. The third-order valence-corrected chi connectivity index (χ3v) is 11.5. The molecule has 2 aromatic carbocycles. The number of aromatic amines is 1. The number of ether oxygens (including phenoxy) is 3. The number of nitrogens with one attached hydrogen (secondary N) is 1. The summed E-state index contributed by atoms with van der Waals surface area (Å²) in [5.74, 6) is 2.18. The van der Waals surface area contributed by atoms with Crippen molar-refractivity contribution in [3.63, 3.8) is 0 Å². The van der Waals surface area contributed by atoms with Crippen LogP contribution in [-0.2, 0) is 16.0 Å². The fraction of sp³-hybridized carbons (Fsp3) is 0.565. The van der Waals surface area contributed by atoms with E-state index in [1.165, 1.54) is 19.3 Å². The lowest BCUT2D eigenvalue weighted by Gasteiger charge is -2.37. The molecule has 12 nitrogen and oxygen atoms in total. The largest absolute Gasteiger partial charge is 0.496 e. The predicted molar refractivity (Wildman–Crippen MR) is 226 cm³/mol. The Morgan fingerprint density at radius 2 is 1.66 bits per heavy atom. The molecular formula is C46H63N5O7. The van der Waals surface area contributed by atoms with Gasteiger partial charge in [-0.1, -0.05) is 77.5 Å². The van der Waals surface area contributed by atoms with E-state index in [1.807, 2.05) is 37.3 Å². The Balaban J connectivity index is 1.41. The number of nitrogens with zero attached hydrogens (tertiary/aromatic N) is 4. The molecule has 0 amide bonds. The van der Waals surface area contributed by atoms with E-state index >= 15 is 0 Å². The van der Waals surface area contributed by atoms with E-state index in [9.17, 15) is 19.8 Å². The first-order valence-electron chi connectivity index (χ1n) is 21.1. The van der Waals surface area contributed by atoms with Crippen LogP contribution in [0.2, 0.25) is 0 Å². The molecule has 1 fully saturated rings. The van der Waals surface area contributed by atoms with Gasteiger partial charge in [-0.05, 0) is 85.8 Å². The Morgan fingerprint density at radius 1 is 0.983 bits per heavy atom. The van der Waals surface area contributed by atoms with Crippen molar-refractivity contribution >= 4 is 23.1 Å². The molecule has 3 atom stereocenters. The average Bonchev–Trinajstić information content (AvgIpc) is 3.76. The maximum absolute atomic E-state index is 13.8. The second kappa shape index (κ2) is 21.3. The Labute approximate surface area is 343 Å². The van der Waals surface area contributed by atoms with Gasteiger partial charge in [0.25, 0.3) is 0 Å². The number of rotatable bonds is 22. The summed E-state index contributed by atoms with van der Waals surface area (Å²) in [7, 11) is 1.63. The van der Waals surface area contributed by atoms with Gasteiger partial charge < -0.3 is 24.4 Å². The summed E-state index contributed by atoms with van der Waals surface area (Å²) in [6, 6.07) is 11.7. The van der Waals surface area contributed by atoms with Gasteiger partial charge >= 0.3 is 5.97 Å². The van der Waals surface area contributed by atoms with Crippen LogP contribution >= 0.6 is 0 Å². The number of aliphatic hydroxyl groups excluding tert-OH is 2. The molecule has 0 saturated heterocycles. The summed E-state index contributed by atoms with van der Waals surface area (Å²) < 4.78 is 20.2. The third-order valence-electron chi connectivity index (χ3n) is 11.5. The SMILES string of the molecule is [C-]#[N+]c1cn2[nH]c(-c3ccc(OC)c(Cc4cc(C)ccc4OC(CCCCCCCC)C(=O)CN(CCO)CCO)c3)nc2c1C(=O)OC1C(C)CC(C)CC1C. The van der Waals surface area contributed by atoms with Crippen LogP contribution in [0.1, 0.15) is 113 Å². The van der Waals surface area contributed by atoms with E-state index in [0.717, 1.165) is 54.4 Å². The maximum Gasteiger partial charge on any atom is 0.331 e. The number of fused-ring (bicyclic) bond motifs is 1. The molecule has 1 aliphatic carbocycles. The van der Waals surface area contributed by atoms with Gasteiger partial charge in [-0.25, -0.2) is 14.6 Å². The lowest BCUT2D eigenvalue weighted by atomic mass is 9.75. The molecule has 1 aliphatic rings. The molecule has 3 unspecified atom stereocenters. The normalized spacial score (nSPS) is 18.6. The molecule has 58 heavy (non-hydrogen) atoms. The Morgan fingerprint density at radius 3 is 2.33 bits per heavy atom. The number of methoxy groups -OCH3 is 1. The zero-order valence-electron chi connectivity index (χ0n) is 35.3. The number of unbranched alkanes of at least 4 members (excludes halogenated alkanes) is 5. The van der Waals surface area contributed by atoms with E-state index in [1.54, 1.807) is 22.7 Å². The van der Waals surface area contributed by atoms with Crippen molar-refractivity contribution in [3.8, 4) is 22.9 Å². The summed E-state index contributed by atoms with van der Waals surface area (Å²) in [5, 5.41) is 22.4. The monoisotopic (exact) mass is 797 g/mol. The van der Waals surface area contributed by atoms with Crippen LogP contribution in [0.5, 0.6) is 11.5 Å². The molecule has 0 spiro atoms. The van der Waals surface area contributed by atoms with Gasteiger partial charge in [0, 0.05) is 31.3 Å². The number of esters is 1. The number of aryl methyl sites for hydroxylation is 1. The van der Waals surface area contributed by atoms with E-state index in [-0.39, 0.29) is 67.8 Å². The predicted octanol–water partition coefficient (Wildman–Crippen LogP) is 8.37. The average molecular weight is 798 g/mol. The highest BCUT2D eigenvalue weighted by atomic mass is 16.5. The zero-order chi connectivity index (χ0) is 41.8. The summed E-state index contributed by atoms with van der Waals surface area (Å²) in [6.07, 6.45) is 10.1. The van der Waals surface area contributed by atoms with Gasteiger partial charge in [-0.2, -0.15) is 0 Å². The van der Waals surface area contributed by atoms with Crippen LogP contribution in [-0.4, -0.2) is 93.6 Å². The molecule has 4 aromatic rings. The van der Waals surface area contributed by atoms with Crippen LogP contribution in [0, 0.1) is 31.2 Å². The second-order valence-electron chi connectivity index (χ2n) is 16.3. The molecule has 0 aliphatic heterocycles. The highest BCUT2D eigenvalue weighted by molar-refractivity contribution is 6.03. The van der Waals surface area contributed by atoms with Crippen molar-refractivity contribution in [2.75, 3.05) is 40.0 Å². The second-order valence-corrected chi connectivity index (χ2v) is 16.3. The number of carbonyl (C=O) groups excluding carboxylic acids is 2. The fourth-order valence-electron chi connectivity index (χ4n) is 8.60. The Kier molecular flexibility index (Phi) is 16.3. The lowest BCUT2D eigenvalue weighted by Crippen LogP contribution is -2.40. The number of H-pyrrole nitrogens is 1. The quantitative estimate of drug-likeness (QED) is 0.0406. The van der Waals surface area contributed by atoms with Gasteiger partial charge in [-0.15, -0.1) is 0 Å². The van der Waals surface area contributed by atoms with Crippen LogP contribution in [0.25, 0.3) is 21.9 Å². The minimum Gasteiger partial charge on any atom is -0.496 e. The molecule has 0 radical (unpaired) electrons. The number of hydrogen-bond acceptors (Lipinski definition) is 9. The summed E-state index contributed by atoms with van der Waals surface area (Å²) in [4.78, 5) is 37.8. The summed E-state index contributed by atoms with van der Waals surface area (Å²) >= 11 is 0. The molecule has 12 heteroatoms. The van der Waals surface area contributed by atoms with E-state index < -0.39 is 12.1 Å². The Bertz CT molecular complexity index is 2000. The highest BCUT2D eigenvalue weighted by Crippen LogP contribution is 2.37. The molecule has 1 saturated carbocycles. The number of Topliss-reactive ketones (excluding diaryl/α,β-unsaturated/α-hetero) is 1. The fourth-order valence-corrected chi connectivity index (χ4v) is 8.60. The molecule has 3 N–H and O–H groups in total. The summed E-state index contributed by atoms with van der Waals surface area (Å²) in [6.45, 7) is 18.9. The number of aliphatic hydroxyl groups is 2. The molecule has 2 aromatic heterocycles. The van der Waals surface area contributed by atoms with Gasteiger partial charge in [0.1, 0.15) is 23.2 Å². The first-order valence-corrected chi connectivity index (χ1v) is 21.1. The van der Waals surface area contributed by atoms with Crippen LogP contribution in [0.3, 0.4) is 0 Å². The Hall–Kier alpha value is -4.70. The van der Waals surface area contributed by atoms with E-state index in [4.69, 9.17) is 25.8 Å². The minimum absolute atomic E-state index is 0.0748. The van der Waals surface area contributed by atoms with Crippen LogP contribution in [0.4, 0.5) is 5.69 Å². The summed E-state index contributed by atoms with van der Waals surface area (Å²) in [5.41, 5.74) is 4.22. The maximum atomic E-state index is 13.8. The van der Waals surface area contributed by atoms with Gasteiger partial charge in [-0.3, -0.25) is 19.3 Å². The third kappa shape index (κ3) is 11.3. The highest BCUT2D eigenvalue weighted by Gasteiger charge is 2.36. The van der Waals surface area contributed by atoms with E-state index in [2.05, 4.69) is 43.7 Å². The number of carbonyl (C=O) groups is 2.